The Kier molecular flexibility index (Phi) is 4.47. The molecule has 1 aromatic carbocycles. The molecule has 0 bridgehead atoms. The third-order valence-electron chi connectivity index (χ3n) is 3.72. The van der Waals surface area contributed by atoms with Crippen LogP contribution in [-0.2, 0) is 11.2 Å². The van der Waals surface area contributed by atoms with Gasteiger partial charge in [0.05, 0.1) is 4.75 Å². The molecular formula is C16H16Cl2S2. The van der Waals surface area contributed by atoms with Crippen molar-refractivity contribution in [1.29, 1.82) is 0 Å². The molecule has 0 amide bonds. The van der Waals surface area contributed by atoms with E-state index >= 15 is 0 Å². The van der Waals surface area contributed by atoms with Crippen LogP contribution >= 0.6 is 46.7 Å². The van der Waals surface area contributed by atoms with Crippen molar-refractivity contribution in [1.82, 2.24) is 0 Å². The summed E-state index contributed by atoms with van der Waals surface area (Å²) in [5.41, 5.74) is 2.77. The van der Waals surface area contributed by atoms with Crippen molar-refractivity contribution < 1.29 is 0 Å². The van der Waals surface area contributed by atoms with Crippen LogP contribution in [0, 0.1) is 0 Å². The van der Waals surface area contributed by atoms with Gasteiger partial charge < -0.3 is 0 Å². The molecule has 0 aromatic heterocycles. The highest BCUT2D eigenvalue weighted by atomic mass is 35.5. The van der Waals surface area contributed by atoms with Gasteiger partial charge in [-0.1, -0.05) is 48.6 Å². The van der Waals surface area contributed by atoms with Gasteiger partial charge in [0.1, 0.15) is 4.08 Å². The lowest BCUT2D eigenvalue weighted by Gasteiger charge is -2.22. The number of fused-ring (bicyclic) bond motifs is 1. The lowest BCUT2D eigenvalue weighted by Crippen LogP contribution is -2.21. The third-order valence-corrected chi connectivity index (χ3v) is 7.91. The number of hydrogen-bond donors (Lipinski definition) is 0. The maximum Gasteiger partial charge on any atom is 0.103 e. The van der Waals surface area contributed by atoms with Crippen LogP contribution in [0.5, 0.6) is 0 Å². The molecule has 1 fully saturated rings. The SMILES string of the molecule is ClCCSC12C=CC=CC1(c1ccccc1CCCl)S2. The van der Waals surface area contributed by atoms with Gasteiger partial charge in [0.15, 0.2) is 0 Å². The quantitative estimate of drug-likeness (QED) is 0.514. The normalized spacial score (nSPS) is 30.3. The zero-order chi connectivity index (χ0) is 14.1. The summed E-state index contributed by atoms with van der Waals surface area (Å²) in [6.07, 6.45) is 9.91. The summed E-state index contributed by atoms with van der Waals surface area (Å²) in [6.45, 7) is 0. The minimum Gasteiger partial charge on any atom is -0.137 e. The fourth-order valence-electron chi connectivity index (χ4n) is 2.80. The summed E-state index contributed by atoms with van der Waals surface area (Å²) in [7, 11) is 0. The lowest BCUT2D eigenvalue weighted by molar-refractivity contribution is 0.845. The third kappa shape index (κ3) is 2.35. The molecule has 0 nitrogen and oxygen atoms in total. The molecule has 0 N–H and O–H groups in total. The van der Waals surface area contributed by atoms with Crippen molar-refractivity contribution in [3.63, 3.8) is 0 Å². The lowest BCUT2D eigenvalue weighted by atomic mass is 9.88. The summed E-state index contributed by atoms with van der Waals surface area (Å²) < 4.78 is 0.195. The number of halogens is 2. The van der Waals surface area contributed by atoms with Gasteiger partial charge in [0.2, 0.25) is 0 Å². The average Bonchev–Trinajstić information content (AvgIpc) is 3.16. The second kappa shape index (κ2) is 6.00. The van der Waals surface area contributed by atoms with Gasteiger partial charge in [0, 0.05) is 17.5 Å². The van der Waals surface area contributed by atoms with Gasteiger partial charge in [0.25, 0.3) is 0 Å². The predicted octanol–water partition coefficient (Wildman–Crippen LogP) is 5.20. The van der Waals surface area contributed by atoms with E-state index in [2.05, 4.69) is 48.6 Å². The number of alkyl halides is 2. The Bertz CT molecular complexity index is 555. The van der Waals surface area contributed by atoms with E-state index in [9.17, 15) is 0 Å². The molecule has 3 rings (SSSR count). The van der Waals surface area contributed by atoms with E-state index in [1.54, 1.807) is 0 Å². The molecule has 1 aliphatic heterocycles. The van der Waals surface area contributed by atoms with Gasteiger partial charge in [-0.25, -0.2) is 0 Å². The molecule has 1 saturated heterocycles. The van der Waals surface area contributed by atoms with Crippen molar-refractivity contribution in [2.24, 2.45) is 0 Å². The Morgan fingerprint density at radius 1 is 1.05 bits per heavy atom. The van der Waals surface area contributed by atoms with Crippen LogP contribution in [-0.4, -0.2) is 21.6 Å². The van der Waals surface area contributed by atoms with Crippen LogP contribution in [0.2, 0.25) is 0 Å². The molecule has 106 valence electrons. The number of aryl methyl sites for hydroxylation is 1. The summed E-state index contributed by atoms with van der Waals surface area (Å²) in [4.78, 5) is 0. The first-order chi connectivity index (χ1) is 9.78. The highest BCUT2D eigenvalue weighted by molar-refractivity contribution is 8.26. The van der Waals surface area contributed by atoms with Gasteiger partial charge in [-0.3, -0.25) is 0 Å². The van der Waals surface area contributed by atoms with Crippen molar-refractivity contribution in [2.75, 3.05) is 17.5 Å². The average molecular weight is 343 g/mol. The Balaban J connectivity index is 1.97. The van der Waals surface area contributed by atoms with E-state index in [0.29, 0.717) is 11.8 Å². The summed E-state index contributed by atoms with van der Waals surface area (Å²) >= 11 is 15.8. The molecular weight excluding hydrogens is 327 g/mol. The van der Waals surface area contributed by atoms with Crippen LogP contribution in [0.3, 0.4) is 0 Å². The number of benzene rings is 1. The number of hydrogen-bond acceptors (Lipinski definition) is 2. The van der Waals surface area contributed by atoms with E-state index in [-0.39, 0.29) is 8.83 Å². The van der Waals surface area contributed by atoms with Crippen molar-refractivity contribution in [3.8, 4) is 0 Å². The summed E-state index contributed by atoms with van der Waals surface area (Å²) in [5.74, 6) is 2.34. The van der Waals surface area contributed by atoms with Gasteiger partial charge in [-0.05, 0) is 17.5 Å². The number of rotatable bonds is 6. The second-order valence-electron chi connectivity index (χ2n) is 4.86. The Morgan fingerprint density at radius 2 is 1.85 bits per heavy atom. The summed E-state index contributed by atoms with van der Waals surface area (Å²) in [6, 6.07) is 8.69. The molecule has 2 atom stereocenters. The smallest absolute Gasteiger partial charge is 0.103 e. The van der Waals surface area contributed by atoms with E-state index < -0.39 is 0 Å². The molecule has 2 unspecified atom stereocenters. The Hall–Kier alpha value is -0.0200. The molecule has 2 aliphatic rings. The fraction of sp³-hybridized carbons (Fsp3) is 0.375. The highest BCUT2D eigenvalue weighted by Crippen LogP contribution is 2.77. The summed E-state index contributed by atoms with van der Waals surface area (Å²) in [5, 5.41) is 0. The van der Waals surface area contributed by atoms with E-state index in [0.717, 1.165) is 12.2 Å². The van der Waals surface area contributed by atoms with E-state index in [1.807, 2.05) is 23.5 Å². The maximum absolute atomic E-state index is 5.96. The number of thioether (sulfide) groups is 2. The van der Waals surface area contributed by atoms with E-state index in [1.165, 1.54) is 11.1 Å². The zero-order valence-corrected chi connectivity index (χ0v) is 14.2. The van der Waals surface area contributed by atoms with Gasteiger partial charge in [-0.2, -0.15) is 0 Å². The zero-order valence-electron chi connectivity index (χ0n) is 11.0. The van der Waals surface area contributed by atoms with Gasteiger partial charge in [-0.15, -0.1) is 46.7 Å². The molecule has 0 radical (unpaired) electrons. The second-order valence-corrected chi connectivity index (χ2v) is 8.70. The molecule has 1 aliphatic carbocycles. The maximum atomic E-state index is 5.96. The highest BCUT2D eigenvalue weighted by Gasteiger charge is 2.68. The first-order valence-corrected chi connectivity index (χ1v) is 9.56. The molecule has 0 spiro atoms. The van der Waals surface area contributed by atoms with Crippen molar-refractivity contribution >= 4 is 46.7 Å². The fourth-order valence-corrected chi connectivity index (χ4v) is 6.52. The molecule has 1 aromatic rings. The molecule has 4 heteroatoms. The standard InChI is InChI=1S/C16H16Cl2S2/c17-10-7-13-5-1-2-6-14(13)15-8-3-4-9-16(15,20-15)19-12-11-18/h1-6,8-9H,7,10-12H2. The predicted molar refractivity (Wildman–Crippen MR) is 94.3 cm³/mol. The Morgan fingerprint density at radius 3 is 2.65 bits per heavy atom. The van der Waals surface area contributed by atoms with Crippen molar-refractivity contribution in [2.45, 2.75) is 15.2 Å². The topological polar surface area (TPSA) is 0 Å². The van der Waals surface area contributed by atoms with Gasteiger partial charge >= 0.3 is 0 Å². The monoisotopic (exact) mass is 342 g/mol. The number of allylic oxidation sites excluding steroid dienone is 2. The van der Waals surface area contributed by atoms with Crippen LogP contribution in [0.4, 0.5) is 0 Å². The van der Waals surface area contributed by atoms with Crippen LogP contribution in [0.1, 0.15) is 11.1 Å². The minimum absolute atomic E-state index is 0.0706. The first-order valence-electron chi connectivity index (χ1n) is 6.69. The largest absolute Gasteiger partial charge is 0.137 e. The van der Waals surface area contributed by atoms with E-state index in [4.69, 9.17) is 23.2 Å². The minimum atomic E-state index is 0.0706. The molecule has 1 heterocycles. The first kappa shape index (κ1) is 14.9. The van der Waals surface area contributed by atoms with Crippen LogP contribution in [0.15, 0.2) is 48.6 Å². The van der Waals surface area contributed by atoms with Crippen molar-refractivity contribution in [3.05, 3.63) is 59.7 Å². The van der Waals surface area contributed by atoms with Crippen LogP contribution < -0.4 is 0 Å². The Labute approximate surface area is 139 Å². The molecule has 0 saturated carbocycles. The molecule has 20 heavy (non-hydrogen) atoms. The van der Waals surface area contributed by atoms with Crippen LogP contribution in [0.25, 0.3) is 0 Å².